The quantitative estimate of drug-likeness (QED) is 0.449. The molecule has 0 heterocycles. The summed E-state index contributed by atoms with van der Waals surface area (Å²) in [6, 6.07) is 8.63. The van der Waals surface area contributed by atoms with Crippen molar-refractivity contribution < 1.29 is 9.59 Å². The van der Waals surface area contributed by atoms with Gasteiger partial charge in [-0.3, -0.25) is 9.59 Å². The summed E-state index contributed by atoms with van der Waals surface area (Å²) in [5, 5.41) is 0.710. The van der Waals surface area contributed by atoms with E-state index in [0.29, 0.717) is 16.7 Å². The third-order valence-corrected chi connectivity index (χ3v) is 7.29. The molecule has 0 amide bonds. The first-order chi connectivity index (χ1) is 12.1. The topological polar surface area (TPSA) is 34.1 Å². The number of hydrogen-bond donors (Lipinski definition) is 0. The lowest BCUT2D eigenvalue weighted by molar-refractivity contribution is 0.105. The van der Waals surface area contributed by atoms with Crippen molar-refractivity contribution in [1.82, 2.24) is 0 Å². The zero-order valence-corrected chi connectivity index (χ0v) is 18.2. The maximum Gasteiger partial charge on any atom is 0.195 e. The van der Waals surface area contributed by atoms with Crippen molar-refractivity contribution in [2.24, 2.45) is 5.92 Å². The van der Waals surface area contributed by atoms with Crippen molar-refractivity contribution in [3.63, 3.8) is 0 Å². The Kier molecular flexibility index (Phi) is 7.27. The van der Waals surface area contributed by atoms with Crippen molar-refractivity contribution in [2.75, 3.05) is 6.16 Å². The smallest absolute Gasteiger partial charge is 0.195 e. The van der Waals surface area contributed by atoms with E-state index in [1.165, 1.54) is 12.1 Å². The van der Waals surface area contributed by atoms with Crippen LogP contribution in [0.15, 0.2) is 30.3 Å². The lowest BCUT2D eigenvalue weighted by Crippen LogP contribution is -2.14. The van der Waals surface area contributed by atoms with Gasteiger partial charge < -0.3 is 0 Å². The molecule has 0 N–H and O–H groups in total. The van der Waals surface area contributed by atoms with Crippen molar-refractivity contribution in [3.05, 3.63) is 67.7 Å². The van der Waals surface area contributed by atoms with Crippen LogP contribution in [-0.2, 0) is 0 Å². The van der Waals surface area contributed by atoms with E-state index in [1.54, 1.807) is 0 Å². The van der Waals surface area contributed by atoms with Gasteiger partial charge in [-0.05, 0) is 49.2 Å². The molecule has 0 aliphatic rings. The van der Waals surface area contributed by atoms with E-state index in [2.05, 4.69) is 0 Å². The maximum atomic E-state index is 13.3. The van der Waals surface area contributed by atoms with Crippen LogP contribution in [0, 0.1) is 19.8 Å². The fourth-order valence-corrected chi connectivity index (χ4v) is 6.29. The number of aryl methyl sites for hydroxylation is 2. The summed E-state index contributed by atoms with van der Waals surface area (Å²) in [6.45, 7) is 7.75. The number of halogens is 3. The molecule has 26 heavy (non-hydrogen) atoms. The highest BCUT2D eigenvalue weighted by molar-refractivity contribution is 7.90. The second-order valence-electron chi connectivity index (χ2n) is 6.63. The Morgan fingerprint density at radius 3 is 1.85 bits per heavy atom. The summed E-state index contributed by atoms with van der Waals surface area (Å²) < 4.78 is 0. The van der Waals surface area contributed by atoms with Gasteiger partial charge in [-0.2, -0.15) is 0 Å². The molecular formula is C20H20Cl3O2P. The van der Waals surface area contributed by atoms with E-state index in [4.69, 9.17) is 34.8 Å². The summed E-state index contributed by atoms with van der Waals surface area (Å²) >= 11 is 18.4. The third kappa shape index (κ3) is 4.67. The van der Waals surface area contributed by atoms with Crippen LogP contribution in [0.3, 0.4) is 0 Å². The zero-order chi connectivity index (χ0) is 19.6. The average molecular weight is 430 g/mol. The molecule has 2 aromatic carbocycles. The number of carbonyl (C=O) groups excluding carboxylic acids is 2. The Bertz CT molecular complexity index is 819. The summed E-state index contributed by atoms with van der Waals surface area (Å²) in [5.74, 6) is 0.184. The largest absolute Gasteiger partial charge is 0.289 e. The fourth-order valence-electron chi connectivity index (χ4n) is 2.79. The van der Waals surface area contributed by atoms with Crippen molar-refractivity contribution in [1.29, 1.82) is 0 Å². The monoisotopic (exact) mass is 428 g/mol. The Labute approximate surface area is 170 Å². The molecule has 6 heteroatoms. The van der Waals surface area contributed by atoms with E-state index in [9.17, 15) is 9.59 Å². The molecule has 1 unspecified atom stereocenters. The molecule has 0 aliphatic heterocycles. The SMILES string of the molecule is Cc1cccc(C)c1C(=O)P(CC(C)C)C(=O)c1c(Cl)cc(Cl)cc1Cl. The van der Waals surface area contributed by atoms with Crippen molar-refractivity contribution in [2.45, 2.75) is 27.7 Å². The average Bonchev–Trinajstić information content (AvgIpc) is 2.50. The minimum Gasteiger partial charge on any atom is -0.289 e. The van der Waals surface area contributed by atoms with Gasteiger partial charge in [0.2, 0.25) is 0 Å². The number of benzene rings is 2. The van der Waals surface area contributed by atoms with Gasteiger partial charge in [0.1, 0.15) is 0 Å². The molecule has 1 atom stereocenters. The molecule has 0 fully saturated rings. The standard InChI is InChI=1S/C20H20Cl3O2P/c1-11(2)10-26(19(24)17-12(3)6-5-7-13(17)4)20(25)18-15(22)8-14(21)9-16(18)23/h5-9,11H,10H2,1-4H3. The molecule has 2 aromatic rings. The van der Waals surface area contributed by atoms with E-state index in [0.717, 1.165) is 11.1 Å². The molecule has 0 radical (unpaired) electrons. The first-order valence-corrected chi connectivity index (χ1v) is 10.9. The summed E-state index contributed by atoms with van der Waals surface area (Å²) in [7, 11) is -1.64. The second kappa shape index (κ2) is 8.85. The molecule has 0 saturated carbocycles. The van der Waals surface area contributed by atoms with Gasteiger partial charge in [0.25, 0.3) is 0 Å². The summed E-state index contributed by atoms with van der Waals surface area (Å²) in [4.78, 5) is 26.6. The van der Waals surface area contributed by atoms with E-state index >= 15 is 0 Å². The van der Waals surface area contributed by atoms with Gasteiger partial charge in [-0.25, -0.2) is 0 Å². The normalized spacial score (nSPS) is 12.3. The molecule has 0 bridgehead atoms. The van der Waals surface area contributed by atoms with Crippen LogP contribution in [0.1, 0.15) is 45.7 Å². The Balaban J connectivity index is 2.55. The molecule has 0 saturated heterocycles. The first-order valence-electron chi connectivity index (χ1n) is 8.20. The van der Waals surface area contributed by atoms with Crippen molar-refractivity contribution >= 4 is 53.8 Å². The molecule has 0 aliphatic carbocycles. The predicted octanol–water partition coefficient (Wildman–Crippen LogP) is 7.38. The lowest BCUT2D eigenvalue weighted by atomic mass is 10.0. The number of rotatable bonds is 6. The van der Waals surface area contributed by atoms with Crippen LogP contribution in [0.5, 0.6) is 0 Å². The molecule has 0 aromatic heterocycles. The maximum absolute atomic E-state index is 13.3. The van der Waals surface area contributed by atoms with Gasteiger partial charge in [0.05, 0.1) is 15.6 Å². The lowest BCUT2D eigenvalue weighted by Gasteiger charge is -2.20. The van der Waals surface area contributed by atoms with Crippen LogP contribution in [0.4, 0.5) is 0 Å². The van der Waals surface area contributed by atoms with Gasteiger partial charge >= 0.3 is 0 Å². The van der Waals surface area contributed by atoms with Gasteiger partial charge in [0.15, 0.2) is 11.0 Å². The summed E-state index contributed by atoms with van der Waals surface area (Å²) in [6.07, 6.45) is 0.482. The van der Waals surface area contributed by atoms with E-state index in [1.807, 2.05) is 45.9 Å². The highest BCUT2D eigenvalue weighted by atomic mass is 35.5. The van der Waals surface area contributed by atoms with E-state index in [-0.39, 0.29) is 32.6 Å². The predicted molar refractivity (Wildman–Crippen MR) is 113 cm³/mol. The Morgan fingerprint density at radius 2 is 1.38 bits per heavy atom. The Hall–Kier alpha value is -0.920. The van der Waals surface area contributed by atoms with Crippen molar-refractivity contribution in [3.8, 4) is 0 Å². The zero-order valence-electron chi connectivity index (χ0n) is 15.1. The Morgan fingerprint density at radius 1 is 0.923 bits per heavy atom. The van der Waals surface area contributed by atoms with E-state index < -0.39 is 7.92 Å². The van der Waals surface area contributed by atoms with Crippen LogP contribution < -0.4 is 0 Å². The minimum absolute atomic E-state index is 0.128. The number of carbonyl (C=O) groups is 2. The first kappa shape index (κ1) is 21.4. The summed E-state index contributed by atoms with van der Waals surface area (Å²) in [5.41, 5.74) is 2.11. The number of hydrogen-bond acceptors (Lipinski definition) is 2. The fraction of sp³-hybridized carbons (Fsp3) is 0.300. The second-order valence-corrected chi connectivity index (χ2v) is 9.91. The van der Waals surface area contributed by atoms with Crippen LogP contribution in [0.2, 0.25) is 15.1 Å². The van der Waals surface area contributed by atoms with Crippen LogP contribution >= 0.6 is 42.7 Å². The van der Waals surface area contributed by atoms with Gasteiger partial charge in [0, 0.05) is 18.5 Å². The minimum atomic E-state index is -1.64. The van der Waals surface area contributed by atoms with Crippen LogP contribution in [0.25, 0.3) is 0 Å². The third-order valence-electron chi connectivity index (χ3n) is 3.95. The molecular weight excluding hydrogens is 410 g/mol. The molecule has 0 spiro atoms. The molecule has 2 rings (SSSR count). The highest BCUT2D eigenvalue weighted by Crippen LogP contribution is 2.48. The molecule has 138 valence electrons. The van der Waals surface area contributed by atoms with Gasteiger partial charge in [-0.1, -0.05) is 66.8 Å². The molecule has 2 nitrogen and oxygen atoms in total. The highest BCUT2D eigenvalue weighted by Gasteiger charge is 2.33. The van der Waals surface area contributed by atoms with Crippen LogP contribution in [-0.4, -0.2) is 17.2 Å². The van der Waals surface area contributed by atoms with Gasteiger partial charge in [-0.15, -0.1) is 0 Å².